The molecule has 5 nitrogen and oxygen atoms in total. The fourth-order valence-electron chi connectivity index (χ4n) is 4.10. The Hall–Kier alpha value is -2.14. The molecule has 1 aromatic carbocycles. The predicted molar refractivity (Wildman–Crippen MR) is 108 cm³/mol. The Labute approximate surface area is 165 Å². The van der Waals surface area contributed by atoms with E-state index in [9.17, 15) is 4.79 Å². The lowest BCUT2D eigenvalue weighted by atomic mass is 9.95. The number of piperidine rings is 1. The molecule has 1 amide bonds. The van der Waals surface area contributed by atoms with E-state index in [1.165, 1.54) is 24.1 Å². The summed E-state index contributed by atoms with van der Waals surface area (Å²) in [6.07, 6.45) is 6.40. The van der Waals surface area contributed by atoms with Gasteiger partial charge in [-0.3, -0.25) is 4.79 Å². The van der Waals surface area contributed by atoms with Crippen LogP contribution in [0.1, 0.15) is 53.1 Å². The van der Waals surface area contributed by atoms with Crippen LogP contribution in [0.3, 0.4) is 0 Å². The zero-order valence-electron chi connectivity index (χ0n) is 15.7. The number of carbonyl (C=O) groups excluding carboxylic acids is 1. The highest BCUT2D eigenvalue weighted by molar-refractivity contribution is 6.33. The number of hydrogen-bond acceptors (Lipinski definition) is 4. The van der Waals surface area contributed by atoms with Gasteiger partial charge in [0, 0.05) is 30.4 Å². The number of amides is 1. The second-order valence-corrected chi connectivity index (χ2v) is 7.85. The summed E-state index contributed by atoms with van der Waals surface area (Å²) in [5.41, 5.74) is 3.12. The number of nitrogens with one attached hydrogen (secondary N) is 1. The monoisotopic (exact) mass is 384 g/mol. The molecule has 1 aliphatic heterocycles. The fraction of sp³-hybridized carbons (Fsp3) is 0.476. The summed E-state index contributed by atoms with van der Waals surface area (Å²) in [6.45, 7) is 3.78. The Morgan fingerprint density at radius 1 is 1.15 bits per heavy atom. The highest BCUT2D eigenvalue weighted by atomic mass is 35.5. The van der Waals surface area contributed by atoms with Crippen molar-refractivity contribution >= 4 is 23.3 Å². The van der Waals surface area contributed by atoms with Gasteiger partial charge in [0.15, 0.2) is 0 Å². The van der Waals surface area contributed by atoms with Gasteiger partial charge in [-0.2, -0.15) is 0 Å². The number of carbonyl (C=O) groups is 1. The highest BCUT2D eigenvalue weighted by Crippen LogP contribution is 2.29. The van der Waals surface area contributed by atoms with Crippen molar-refractivity contribution in [3.8, 4) is 0 Å². The number of aryl methyl sites for hydroxylation is 2. The fourth-order valence-corrected chi connectivity index (χ4v) is 4.32. The SMILES string of the molecule is Cc1nc2c(c(N3CCC(NC(=O)c4ccccc4Cl)CC3)n1)CCCC2. The van der Waals surface area contributed by atoms with E-state index in [2.05, 4.69) is 15.2 Å². The number of anilines is 1. The first-order chi connectivity index (χ1) is 13.1. The summed E-state index contributed by atoms with van der Waals surface area (Å²) < 4.78 is 0. The minimum Gasteiger partial charge on any atom is -0.356 e. The van der Waals surface area contributed by atoms with Crippen LogP contribution in [0.25, 0.3) is 0 Å². The van der Waals surface area contributed by atoms with Gasteiger partial charge in [-0.15, -0.1) is 0 Å². The Kier molecular flexibility index (Phi) is 5.30. The van der Waals surface area contributed by atoms with Crippen molar-refractivity contribution in [3.63, 3.8) is 0 Å². The molecule has 2 aromatic rings. The number of hydrogen-bond donors (Lipinski definition) is 1. The molecule has 0 atom stereocenters. The molecule has 0 saturated carbocycles. The highest BCUT2D eigenvalue weighted by Gasteiger charge is 2.26. The van der Waals surface area contributed by atoms with Gasteiger partial charge in [-0.05, 0) is 57.6 Å². The van der Waals surface area contributed by atoms with E-state index < -0.39 is 0 Å². The molecule has 1 saturated heterocycles. The normalized spacial score (nSPS) is 17.5. The number of rotatable bonds is 3. The minimum absolute atomic E-state index is 0.0886. The topological polar surface area (TPSA) is 58.1 Å². The zero-order valence-corrected chi connectivity index (χ0v) is 16.4. The van der Waals surface area contributed by atoms with Crippen LogP contribution < -0.4 is 10.2 Å². The summed E-state index contributed by atoms with van der Waals surface area (Å²) in [6, 6.07) is 7.36. The standard InChI is InChI=1S/C21H25ClN4O/c1-14-23-19-9-5-3-7-17(19)20(24-14)26-12-10-15(11-13-26)25-21(27)16-6-2-4-8-18(16)22/h2,4,6,8,15H,3,5,7,9-13H2,1H3,(H,25,27). The van der Waals surface area contributed by atoms with E-state index in [1.807, 2.05) is 19.1 Å². The van der Waals surface area contributed by atoms with Crippen molar-refractivity contribution < 1.29 is 4.79 Å². The van der Waals surface area contributed by atoms with Crippen LogP contribution in [0.15, 0.2) is 24.3 Å². The predicted octanol–water partition coefficient (Wildman–Crippen LogP) is 3.72. The van der Waals surface area contributed by atoms with Gasteiger partial charge in [0.2, 0.25) is 0 Å². The molecular formula is C21H25ClN4O. The second-order valence-electron chi connectivity index (χ2n) is 7.44. The number of aromatic nitrogens is 2. The molecule has 1 aliphatic carbocycles. The molecule has 2 aliphatic rings. The van der Waals surface area contributed by atoms with Crippen LogP contribution in [-0.2, 0) is 12.8 Å². The Bertz CT molecular complexity index is 846. The summed E-state index contributed by atoms with van der Waals surface area (Å²) in [7, 11) is 0. The maximum absolute atomic E-state index is 12.5. The molecule has 0 unspecified atom stereocenters. The van der Waals surface area contributed by atoms with Crippen LogP contribution in [0.4, 0.5) is 5.82 Å². The van der Waals surface area contributed by atoms with E-state index >= 15 is 0 Å². The molecule has 6 heteroatoms. The average molecular weight is 385 g/mol. The molecule has 1 aromatic heterocycles. The van der Waals surface area contributed by atoms with Crippen molar-refractivity contribution in [2.75, 3.05) is 18.0 Å². The first-order valence-electron chi connectivity index (χ1n) is 9.78. The lowest BCUT2D eigenvalue weighted by Crippen LogP contribution is -2.45. The van der Waals surface area contributed by atoms with Crippen molar-refractivity contribution in [2.24, 2.45) is 0 Å². The maximum atomic E-state index is 12.5. The third-order valence-corrected chi connectivity index (χ3v) is 5.85. The Balaban J connectivity index is 1.42. The van der Waals surface area contributed by atoms with Crippen LogP contribution in [-0.4, -0.2) is 35.0 Å². The summed E-state index contributed by atoms with van der Waals surface area (Å²) in [4.78, 5) is 24.3. The van der Waals surface area contributed by atoms with Gasteiger partial charge in [-0.1, -0.05) is 23.7 Å². The number of fused-ring (bicyclic) bond motifs is 1. The Morgan fingerprint density at radius 3 is 2.67 bits per heavy atom. The molecular weight excluding hydrogens is 360 g/mol. The third kappa shape index (κ3) is 3.93. The molecule has 1 N–H and O–H groups in total. The lowest BCUT2D eigenvalue weighted by Gasteiger charge is -2.35. The molecule has 142 valence electrons. The quantitative estimate of drug-likeness (QED) is 0.876. The first kappa shape index (κ1) is 18.2. The van der Waals surface area contributed by atoms with E-state index in [4.69, 9.17) is 16.6 Å². The molecule has 2 heterocycles. The summed E-state index contributed by atoms with van der Waals surface area (Å²) in [5.74, 6) is 1.89. The third-order valence-electron chi connectivity index (χ3n) is 5.52. The second kappa shape index (κ2) is 7.85. The smallest absolute Gasteiger partial charge is 0.253 e. The van der Waals surface area contributed by atoms with Crippen molar-refractivity contribution in [1.82, 2.24) is 15.3 Å². The maximum Gasteiger partial charge on any atom is 0.253 e. The lowest BCUT2D eigenvalue weighted by molar-refractivity contribution is 0.0931. The van der Waals surface area contributed by atoms with Crippen molar-refractivity contribution in [3.05, 3.63) is 51.9 Å². The van der Waals surface area contributed by atoms with Gasteiger partial charge in [0.1, 0.15) is 11.6 Å². The largest absolute Gasteiger partial charge is 0.356 e. The molecule has 0 radical (unpaired) electrons. The molecule has 1 fully saturated rings. The Morgan fingerprint density at radius 2 is 1.89 bits per heavy atom. The molecule has 27 heavy (non-hydrogen) atoms. The van der Waals surface area contributed by atoms with Crippen LogP contribution in [0, 0.1) is 6.92 Å². The molecule has 4 rings (SSSR count). The van der Waals surface area contributed by atoms with Crippen molar-refractivity contribution in [1.29, 1.82) is 0 Å². The van der Waals surface area contributed by atoms with Gasteiger partial charge in [0.25, 0.3) is 5.91 Å². The van der Waals surface area contributed by atoms with E-state index in [-0.39, 0.29) is 11.9 Å². The minimum atomic E-state index is -0.0886. The average Bonchev–Trinajstić information content (AvgIpc) is 2.68. The van der Waals surface area contributed by atoms with Gasteiger partial charge >= 0.3 is 0 Å². The van der Waals surface area contributed by atoms with E-state index in [1.54, 1.807) is 12.1 Å². The van der Waals surface area contributed by atoms with Crippen LogP contribution >= 0.6 is 11.6 Å². The molecule has 0 spiro atoms. The van der Waals surface area contributed by atoms with E-state index in [0.29, 0.717) is 10.6 Å². The summed E-state index contributed by atoms with van der Waals surface area (Å²) in [5, 5.41) is 3.63. The van der Waals surface area contributed by atoms with Crippen molar-refractivity contribution in [2.45, 2.75) is 51.5 Å². The number of halogens is 1. The zero-order chi connectivity index (χ0) is 18.8. The summed E-state index contributed by atoms with van der Waals surface area (Å²) >= 11 is 6.14. The van der Waals surface area contributed by atoms with Crippen LogP contribution in [0.2, 0.25) is 5.02 Å². The molecule has 0 bridgehead atoms. The van der Waals surface area contributed by atoms with Crippen LogP contribution in [0.5, 0.6) is 0 Å². The van der Waals surface area contributed by atoms with E-state index in [0.717, 1.165) is 50.4 Å². The van der Waals surface area contributed by atoms with Gasteiger partial charge in [0.05, 0.1) is 10.6 Å². The number of benzene rings is 1. The number of nitrogens with zero attached hydrogens (tertiary/aromatic N) is 3. The first-order valence-corrected chi connectivity index (χ1v) is 10.2. The van der Waals surface area contributed by atoms with Gasteiger partial charge < -0.3 is 10.2 Å². The van der Waals surface area contributed by atoms with Gasteiger partial charge in [-0.25, -0.2) is 9.97 Å².